The molecule has 2 N–H and O–H groups in total. The molecule has 1 aromatic carbocycles. The molecule has 0 spiro atoms. The lowest BCUT2D eigenvalue weighted by atomic mass is 10.0. The first-order valence-electron chi connectivity index (χ1n) is 7.38. The lowest BCUT2D eigenvalue weighted by molar-refractivity contribution is -0.139. The standard InChI is InChI=1S/C16H15N3O3S2/c1-2-10(14(21)22)11-8-23-15(17-11)19-16-18-13(20)12(24-16)9-6-4-3-5-7-9/h3-8,10,12H,2H2,1H3,(H,21,22)(H,17,18,19,20). The summed E-state index contributed by atoms with van der Waals surface area (Å²) in [5.41, 5.74) is 1.42. The van der Waals surface area contributed by atoms with Crippen LogP contribution >= 0.6 is 23.1 Å². The van der Waals surface area contributed by atoms with Gasteiger partial charge in [-0.1, -0.05) is 49.0 Å². The number of carbonyl (C=O) groups excluding carboxylic acids is 1. The molecule has 24 heavy (non-hydrogen) atoms. The molecule has 1 amide bonds. The van der Waals surface area contributed by atoms with Crippen molar-refractivity contribution >= 4 is 45.3 Å². The van der Waals surface area contributed by atoms with E-state index in [1.165, 1.54) is 23.1 Å². The van der Waals surface area contributed by atoms with E-state index in [-0.39, 0.29) is 11.2 Å². The lowest BCUT2D eigenvalue weighted by Crippen LogP contribution is -2.21. The van der Waals surface area contributed by atoms with Crippen molar-refractivity contribution < 1.29 is 14.7 Å². The van der Waals surface area contributed by atoms with E-state index in [2.05, 4.69) is 15.3 Å². The molecule has 0 bridgehead atoms. The molecule has 1 aliphatic heterocycles. The fraction of sp³-hybridized carbons (Fsp3) is 0.250. The number of thiazole rings is 1. The van der Waals surface area contributed by atoms with Crippen LogP contribution in [0.3, 0.4) is 0 Å². The van der Waals surface area contributed by atoms with Crippen LogP contribution in [0.5, 0.6) is 0 Å². The second-order valence-electron chi connectivity index (χ2n) is 5.17. The van der Waals surface area contributed by atoms with E-state index in [1.54, 1.807) is 12.3 Å². The smallest absolute Gasteiger partial charge is 0.312 e. The minimum Gasteiger partial charge on any atom is -0.481 e. The van der Waals surface area contributed by atoms with Gasteiger partial charge in [-0.3, -0.25) is 9.59 Å². The third-order valence-electron chi connectivity index (χ3n) is 3.57. The van der Waals surface area contributed by atoms with Gasteiger partial charge in [-0.2, -0.15) is 4.99 Å². The summed E-state index contributed by atoms with van der Waals surface area (Å²) in [7, 11) is 0. The van der Waals surface area contributed by atoms with Crippen LogP contribution in [0.25, 0.3) is 0 Å². The second-order valence-corrected chi connectivity index (χ2v) is 7.10. The Morgan fingerprint density at radius 1 is 1.42 bits per heavy atom. The number of carboxylic acid groups (broad SMARTS) is 1. The van der Waals surface area contributed by atoms with Crippen molar-refractivity contribution in [3.8, 4) is 0 Å². The Hall–Kier alpha value is -2.19. The molecular weight excluding hydrogens is 346 g/mol. The normalized spacial score (nSPS) is 20.1. The van der Waals surface area contributed by atoms with E-state index in [0.29, 0.717) is 22.4 Å². The number of nitrogens with one attached hydrogen (secondary N) is 1. The average molecular weight is 361 g/mol. The Labute approximate surface area is 147 Å². The Kier molecular flexibility index (Phi) is 4.96. The molecule has 2 unspecified atom stereocenters. The first kappa shape index (κ1) is 16.7. The number of amides is 1. The number of carboxylic acids is 1. The van der Waals surface area contributed by atoms with E-state index in [0.717, 1.165) is 5.56 Å². The molecule has 1 aliphatic rings. The quantitative estimate of drug-likeness (QED) is 0.852. The molecule has 0 aliphatic carbocycles. The molecule has 124 valence electrons. The molecule has 0 radical (unpaired) electrons. The number of aliphatic imine (C=N–C) groups is 1. The minimum atomic E-state index is -0.894. The number of hydrogen-bond acceptors (Lipinski definition) is 6. The van der Waals surface area contributed by atoms with Crippen LogP contribution < -0.4 is 5.32 Å². The Bertz CT molecular complexity index is 789. The van der Waals surface area contributed by atoms with Gasteiger partial charge in [0.2, 0.25) is 11.0 Å². The highest BCUT2D eigenvalue weighted by Crippen LogP contribution is 2.36. The average Bonchev–Trinajstić information content (AvgIpc) is 3.16. The van der Waals surface area contributed by atoms with E-state index < -0.39 is 11.9 Å². The second kappa shape index (κ2) is 7.14. The van der Waals surface area contributed by atoms with Crippen molar-refractivity contribution in [3.63, 3.8) is 0 Å². The van der Waals surface area contributed by atoms with Gasteiger partial charge in [0, 0.05) is 5.38 Å². The van der Waals surface area contributed by atoms with Crippen molar-refractivity contribution in [2.24, 2.45) is 4.99 Å². The maximum Gasteiger partial charge on any atom is 0.312 e. The number of rotatable bonds is 5. The number of aliphatic carboxylic acids is 1. The number of thioether (sulfide) groups is 1. The molecular formula is C16H15N3O3S2. The molecule has 1 fully saturated rings. The number of benzene rings is 1. The Balaban J connectivity index is 1.77. The summed E-state index contributed by atoms with van der Waals surface area (Å²) in [6.07, 6.45) is 0.469. The molecule has 8 heteroatoms. The van der Waals surface area contributed by atoms with Crippen LogP contribution in [0.1, 0.15) is 35.8 Å². The Morgan fingerprint density at radius 2 is 2.17 bits per heavy atom. The van der Waals surface area contributed by atoms with Gasteiger partial charge in [0.25, 0.3) is 0 Å². The topological polar surface area (TPSA) is 91.6 Å². The van der Waals surface area contributed by atoms with Gasteiger partial charge in [-0.15, -0.1) is 11.3 Å². The van der Waals surface area contributed by atoms with Gasteiger partial charge >= 0.3 is 5.97 Å². The zero-order chi connectivity index (χ0) is 17.1. The highest BCUT2D eigenvalue weighted by atomic mass is 32.2. The first-order valence-corrected chi connectivity index (χ1v) is 9.13. The summed E-state index contributed by atoms with van der Waals surface area (Å²) in [5, 5.41) is 14.2. The summed E-state index contributed by atoms with van der Waals surface area (Å²) >= 11 is 2.61. The summed E-state index contributed by atoms with van der Waals surface area (Å²) in [6.45, 7) is 1.81. The summed E-state index contributed by atoms with van der Waals surface area (Å²) in [6, 6.07) is 9.49. The number of hydrogen-bond donors (Lipinski definition) is 2. The number of aromatic nitrogens is 1. The Morgan fingerprint density at radius 3 is 2.83 bits per heavy atom. The van der Waals surface area contributed by atoms with Crippen molar-refractivity contribution in [2.75, 3.05) is 0 Å². The van der Waals surface area contributed by atoms with Crippen LogP contribution in [0.15, 0.2) is 40.7 Å². The fourth-order valence-electron chi connectivity index (χ4n) is 2.35. The molecule has 2 heterocycles. The van der Waals surface area contributed by atoms with Gasteiger partial charge in [0.05, 0.1) is 11.6 Å². The van der Waals surface area contributed by atoms with Crippen LogP contribution in [0.2, 0.25) is 0 Å². The molecule has 1 saturated heterocycles. The largest absolute Gasteiger partial charge is 0.481 e. The van der Waals surface area contributed by atoms with Gasteiger partial charge in [0.1, 0.15) is 5.25 Å². The van der Waals surface area contributed by atoms with Crippen LogP contribution in [0, 0.1) is 0 Å². The summed E-state index contributed by atoms with van der Waals surface area (Å²) in [5.74, 6) is -1.63. The lowest BCUT2D eigenvalue weighted by Gasteiger charge is -2.04. The van der Waals surface area contributed by atoms with Crippen LogP contribution in [-0.4, -0.2) is 27.1 Å². The molecule has 2 aromatic rings. The zero-order valence-corrected chi connectivity index (χ0v) is 14.4. The molecule has 0 saturated carbocycles. The zero-order valence-electron chi connectivity index (χ0n) is 12.8. The molecule has 6 nitrogen and oxygen atoms in total. The number of carbonyl (C=O) groups is 2. The van der Waals surface area contributed by atoms with Gasteiger partial charge in [0.15, 0.2) is 5.17 Å². The fourth-order valence-corrected chi connectivity index (χ4v) is 4.14. The minimum absolute atomic E-state index is 0.112. The van der Waals surface area contributed by atoms with Crippen molar-refractivity contribution in [1.82, 2.24) is 10.3 Å². The third-order valence-corrected chi connectivity index (χ3v) is 5.46. The highest BCUT2D eigenvalue weighted by Gasteiger charge is 2.31. The van der Waals surface area contributed by atoms with E-state index >= 15 is 0 Å². The summed E-state index contributed by atoms with van der Waals surface area (Å²) < 4.78 is 0. The SMILES string of the molecule is CCC(C(=O)O)c1csc(N=C2NC(=O)C(c3ccccc3)S2)n1. The number of nitrogens with zero attached hydrogens (tertiary/aromatic N) is 2. The predicted octanol–water partition coefficient (Wildman–Crippen LogP) is 3.31. The monoisotopic (exact) mass is 361 g/mol. The molecule has 2 atom stereocenters. The van der Waals surface area contributed by atoms with E-state index in [4.69, 9.17) is 0 Å². The van der Waals surface area contributed by atoms with Gasteiger partial charge < -0.3 is 10.4 Å². The molecule has 1 aromatic heterocycles. The van der Waals surface area contributed by atoms with Crippen LogP contribution in [0.4, 0.5) is 5.13 Å². The third kappa shape index (κ3) is 3.49. The van der Waals surface area contributed by atoms with Crippen LogP contribution in [-0.2, 0) is 9.59 Å². The predicted molar refractivity (Wildman–Crippen MR) is 94.8 cm³/mol. The van der Waals surface area contributed by atoms with Crippen molar-refractivity contribution in [1.29, 1.82) is 0 Å². The maximum absolute atomic E-state index is 12.1. The van der Waals surface area contributed by atoms with Crippen molar-refractivity contribution in [3.05, 3.63) is 47.0 Å². The first-order chi connectivity index (χ1) is 11.6. The number of amidine groups is 1. The maximum atomic E-state index is 12.1. The summed E-state index contributed by atoms with van der Waals surface area (Å²) in [4.78, 5) is 31.9. The van der Waals surface area contributed by atoms with Crippen molar-refractivity contribution in [2.45, 2.75) is 24.5 Å². The van der Waals surface area contributed by atoms with E-state index in [9.17, 15) is 14.7 Å². The van der Waals surface area contributed by atoms with Gasteiger partial charge in [-0.05, 0) is 12.0 Å². The highest BCUT2D eigenvalue weighted by molar-refractivity contribution is 8.15. The van der Waals surface area contributed by atoms with E-state index in [1.807, 2.05) is 30.3 Å². The molecule has 3 rings (SSSR count). The van der Waals surface area contributed by atoms with Gasteiger partial charge in [-0.25, -0.2) is 4.98 Å².